The smallest absolute Gasteiger partial charge is 0.340 e. The molecule has 0 aliphatic rings. The number of hydrogen-bond donors (Lipinski definition) is 1. The number of ether oxygens (including phenoxy) is 3. The van der Waals surface area contributed by atoms with Crippen LogP contribution in [0.4, 0.5) is 5.00 Å². The van der Waals surface area contributed by atoms with Crippen LogP contribution in [0.1, 0.15) is 22.2 Å². The molecule has 6 nitrogen and oxygen atoms in total. The molecule has 1 N–H and O–H groups in total. The van der Waals surface area contributed by atoms with Crippen LogP contribution in [0.15, 0.2) is 30.3 Å². The van der Waals surface area contributed by atoms with Crippen LogP contribution in [0.25, 0.3) is 0 Å². The van der Waals surface area contributed by atoms with Crippen LogP contribution in [0, 0.1) is 6.92 Å². The highest BCUT2D eigenvalue weighted by atomic mass is 32.1. The molecule has 1 heterocycles. The summed E-state index contributed by atoms with van der Waals surface area (Å²) in [5.74, 6) is 0.315. The summed E-state index contributed by atoms with van der Waals surface area (Å²) in [4.78, 5) is 25.0. The number of aryl methyl sites for hydroxylation is 1. The van der Waals surface area contributed by atoms with Gasteiger partial charge in [-0.25, -0.2) is 4.79 Å². The van der Waals surface area contributed by atoms with E-state index in [4.69, 9.17) is 14.2 Å². The second-order valence-electron chi connectivity index (χ2n) is 5.02. The lowest BCUT2D eigenvalue weighted by Gasteiger charge is -2.15. The maximum absolute atomic E-state index is 12.3. The normalized spacial score (nSPS) is 11.5. The number of thiophene rings is 1. The summed E-state index contributed by atoms with van der Waals surface area (Å²) in [6.45, 7) is 3.48. The number of esters is 1. The average Bonchev–Trinajstić information content (AvgIpc) is 2.94. The van der Waals surface area contributed by atoms with E-state index in [-0.39, 0.29) is 5.91 Å². The van der Waals surface area contributed by atoms with Crippen molar-refractivity contribution in [1.29, 1.82) is 0 Å². The molecule has 0 radical (unpaired) electrons. The zero-order chi connectivity index (χ0) is 17.7. The summed E-state index contributed by atoms with van der Waals surface area (Å²) < 4.78 is 15.5. The topological polar surface area (TPSA) is 73.9 Å². The maximum atomic E-state index is 12.3. The zero-order valence-electron chi connectivity index (χ0n) is 13.9. The Labute approximate surface area is 144 Å². The molecular formula is C17H19NO5S. The molecule has 1 unspecified atom stereocenters. The van der Waals surface area contributed by atoms with Gasteiger partial charge in [0.2, 0.25) is 0 Å². The van der Waals surface area contributed by atoms with Crippen molar-refractivity contribution in [3.63, 3.8) is 0 Å². The Morgan fingerprint density at radius 3 is 2.54 bits per heavy atom. The molecule has 128 valence electrons. The third-order valence-electron chi connectivity index (χ3n) is 3.22. The summed E-state index contributed by atoms with van der Waals surface area (Å²) >= 11 is 1.31. The molecule has 1 atom stereocenters. The first-order valence-electron chi connectivity index (χ1n) is 7.25. The van der Waals surface area contributed by atoms with Crippen LogP contribution in [-0.4, -0.2) is 32.2 Å². The molecule has 1 aromatic heterocycles. The number of methoxy groups -OCH3 is 2. The van der Waals surface area contributed by atoms with Crippen LogP contribution in [-0.2, 0) is 9.53 Å². The minimum Gasteiger partial charge on any atom is -0.497 e. The fraction of sp³-hybridized carbons (Fsp3) is 0.294. The van der Waals surface area contributed by atoms with Crippen LogP contribution < -0.4 is 14.8 Å². The minimum atomic E-state index is -0.745. The Morgan fingerprint density at radius 1 is 1.17 bits per heavy atom. The Hall–Kier alpha value is -2.54. The quantitative estimate of drug-likeness (QED) is 0.810. The molecule has 0 saturated carbocycles. The summed E-state index contributed by atoms with van der Waals surface area (Å²) in [5, 5.41) is 3.17. The van der Waals surface area contributed by atoms with Crippen molar-refractivity contribution in [1.82, 2.24) is 0 Å². The van der Waals surface area contributed by atoms with Crippen molar-refractivity contribution in [2.24, 2.45) is 0 Å². The molecule has 0 aliphatic carbocycles. The third-order valence-corrected chi connectivity index (χ3v) is 4.19. The van der Waals surface area contributed by atoms with E-state index in [1.807, 2.05) is 6.92 Å². The van der Waals surface area contributed by atoms with E-state index < -0.39 is 12.1 Å². The van der Waals surface area contributed by atoms with Crippen molar-refractivity contribution in [3.05, 3.63) is 40.8 Å². The summed E-state index contributed by atoms with van der Waals surface area (Å²) in [7, 11) is 2.86. The second kappa shape index (κ2) is 7.83. The number of carbonyl (C=O) groups excluding carboxylic acids is 2. The van der Waals surface area contributed by atoms with E-state index >= 15 is 0 Å². The highest BCUT2D eigenvalue weighted by molar-refractivity contribution is 7.16. The van der Waals surface area contributed by atoms with Crippen molar-refractivity contribution < 1.29 is 23.8 Å². The average molecular weight is 349 g/mol. The van der Waals surface area contributed by atoms with E-state index in [2.05, 4.69) is 5.32 Å². The summed E-state index contributed by atoms with van der Waals surface area (Å²) in [6, 6.07) is 8.67. The van der Waals surface area contributed by atoms with E-state index in [1.165, 1.54) is 18.4 Å². The number of benzene rings is 1. The van der Waals surface area contributed by atoms with E-state index in [0.29, 0.717) is 22.1 Å². The lowest BCUT2D eigenvalue weighted by atomic mass is 10.3. The van der Waals surface area contributed by atoms with Gasteiger partial charge in [0.25, 0.3) is 5.91 Å². The lowest BCUT2D eigenvalue weighted by Crippen LogP contribution is -2.30. The Kier molecular flexibility index (Phi) is 5.81. The number of rotatable bonds is 6. The van der Waals surface area contributed by atoms with Gasteiger partial charge in [0.05, 0.1) is 19.8 Å². The van der Waals surface area contributed by atoms with Gasteiger partial charge in [-0.2, -0.15) is 0 Å². The van der Waals surface area contributed by atoms with Crippen molar-refractivity contribution >= 4 is 28.2 Å². The predicted molar refractivity (Wildman–Crippen MR) is 92.1 cm³/mol. The standard InChI is InChI=1S/C17H19NO5S/c1-10-8-14(17(20)22-4)16(24-10)18-15(19)11(2)23-13-7-5-6-12(9-13)21-3/h5-9,11H,1-4H3,(H,18,19). The number of hydrogen-bond acceptors (Lipinski definition) is 6. The van der Waals surface area contributed by atoms with Gasteiger partial charge in [0.1, 0.15) is 16.5 Å². The molecule has 0 saturated heterocycles. The predicted octanol–water partition coefficient (Wildman–Crippen LogP) is 3.26. The first-order valence-corrected chi connectivity index (χ1v) is 8.06. The molecule has 2 rings (SSSR count). The van der Waals surface area contributed by atoms with Crippen molar-refractivity contribution in [2.45, 2.75) is 20.0 Å². The first-order chi connectivity index (χ1) is 11.4. The van der Waals surface area contributed by atoms with Gasteiger partial charge in [-0.3, -0.25) is 4.79 Å². The van der Waals surface area contributed by atoms with Gasteiger partial charge in [0.15, 0.2) is 6.10 Å². The maximum Gasteiger partial charge on any atom is 0.340 e. The second-order valence-corrected chi connectivity index (χ2v) is 6.28. The van der Waals surface area contributed by atoms with E-state index in [9.17, 15) is 9.59 Å². The highest BCUT2D eigenvalue weighted by Crippen LogP contribution is 2.28. The molecule has 0 bridgehead atoms. The van der Waals surface area contributed by atoms with Gasteiger partial charge in [-0.05, 0) is 32.0 Å². The molecule has 0 aliphatic heterocycles. The number of anilines is 1. The van der Waals surface area contributed by atoms with Crippen LogP contribution in [0.2, 0.25) is 0 Å². The molecule has 1 aromatic carbocycles. The Morgan fingerprint density at radius 2 is 1.88 bits per heavy atom. The van der Waals surface area contributed by atoms with Gasteiger partial charge in [0, 0.05) is 10.9 Å². The Balaban J connectivity index is 2.07. The molecule has 1 amide bonds. The van der Waals surface area contributed by atoms with Gasteiger partial charge in [-0.1, -0.05) is 6.07 Å². The zero-order valence-corrected chi connectivity index (χ0v) is 14.7. The van der Waals surface area contributed by atoms with Crippen LogP contribution in [0.5, 0.6) is 11.5 Å². The molecule has 0 spiro atoms. The van der Waals surface area contributed by atoms with E-state index in [0.717, 1.165) is 4.88 Å². The fourth-order valence-electron chi connectivity index (χ4n) is 2.01. The number of amides is 1. The van der Waals surface area contributed by atoms with Gasteiger partial charge in [-0.15, -0.1) is 11.3 Å². The Bertz CT molecular complexity index is 740. The molecule has 2 aromatic rings. The fourth-order valence-corrected chi connectivity index (χ4v) is 2.92. The van der Waals surface area contributed by atoms with E-state index in [1.54, 1.807) is 44.4 Å². The van der Waals surface area contributed by atoms with Crippen LogP contribution in [0.3, 0.4) is 0 Å². The lowest BCUT2D eigenvalue weighted by molar-refractivity contribution is -0.122. The molecular weight excluding hydrogens is 330 g/mol. The highest BCUT2D eigenvalue weighted by Gasteiger charge is 2.21. The monoisotopic (exact) mass is 349 g/mol. The molecule has 24 heavy (non-hydrogen) atoms. The minimum absolute atomic E-state index is 0.335. The van der Waals surface area contributed by atoms with Gasteiger partial charge >= 0.3 is 5.97 Å². The third kappa shape index (κ3) is 4.26. The summed E-state index contributed by atoms with van der Waals surface area (Å²) in [6.07, 6.45) is -0.745. The van der Waals surface area contributed by atoms with Crippen molar-refractivity contribution in [3.8, 4) is 11.5 Å². The SMILES string of the molecule is COC(=O)c1cc(C)sc1NC(=O)C(C)Oc1cccc(OC)c1. The molecule has 7 heteroatoms. The van der Waals surface area contributed by atoms with Crippen LogP contribution >= 0.6 is 11.3 Å². The first kappa shape index (κ1) is 17.8. The van der Waals surface area contributed by atoms with Gasteiger partial charge < -0.3 is 19.5 Å². The summed E-state index contributed by atoms with van der Waals surface area (Å²) in [5.41, 5.74) is 0.335. The number of carbonyl (C=O) groups is 2. The van der Waals surface area contributed by atoms with Crippen molar-refractivity contribution in [2.75, 3.05) is 19.5 Å². The molecule has 0 fully saturated rings. The number of nitrogens with one attached hydrogen (secondary N) is 1. The largest absolute Gasteiger partial charge is 0.497 e.